The Morgan fingerprint density at radius 2 is 2.18 bits per heavy atom. The quantitative estimate of drug-likeness (QED) is 0.662. The van der Waals surface area contributed by atoms with Crippen LogP contribution in [0.2, 0.25) is 0 Å². The highest BCUT2D eigenvalue weighted by Gasteiger charge is 2.16. The van der Waals surface area contributed by atoms with Crippen LogP contribution in [-0.2, 0) is 4.79 Å². The smallest absolute Gasteiger partial charge is 0.230 e. The molecule has 1 unspecified atom stereocenters. The van der Waals surface area contributed by atoms with E-state index in [1.807, 2.05) is 31.2 Å². The van der Waals surface area contributed by atoms with Crippen molar-refractivity contribution in [1.29, 1.82) is 0 Å². The second kappa shape index (κ2) is 5.14. The van der Waals surface area contributed by atoms with E-state index in [4.69, 9.17) is 5.73 Å². The van der Waals surface area contributed by atoms with Gasteiger partial charge in [0, 0.05) is 5.39 Å². The summed E-state index contributed by atoms with van der Waals surface area (Å²) in [7, 11) is 0. The summed E-state index contributed by atoms with van der Waals surface area (Å²) in [5.74, 6) is -0.305. The van der Waals surface area contributed by atoms with E-state index in [9.17, 15) is 4.79 Å². The number of carbonyl (C=O) groups excluding carboxylic acids is 1. The molecule has 2 N–H and O–H groups in total. The summed E-state index contributed by atoms with van der Waals surface area (Å²) in [6.07, 6.45) is 2.21. The molecule has 0 aliphatic rings. The molecule has 4 nitrogen and oxygen atoms in total. The zero-order chi connectivity index (χ0) is 12.3. The molecule has 1 aromatic carbocycles. The fraction of sp³-hybridized carbons (Fsp3) is 0.250. The lowest BCUT2D eigenvalue weighted by atomic mass is 10.2. The van der Waals surface area contributed by atoms with Crippen LogP contribution in [0.15, 0.2) is 35.6 Å². The third-order valence-corrected chi connectivity index (χ3v) is 3.85. The number of hydrogen-bond donors (Lipinski definition) is 1. The Labute approximate surface area is 104 Å². The van der Waals surface area contributed by atoms with E-state index in [1.165, 1.54) is 18.1 Å². The largest absolute Gasteiger partial charge is 0.369 e. The van der Waals surface area contributed by atoms with Crippen molar-refractivity contribution < 1.29 is 4.79 Å². The van der Waals surface area contributed by atoms with Gasteiger partial charge in [-0.3, -0.25) is 4.79 Å². The van der Waals surface area contributed by atoms with Crippen LogP contribution in [-0.4, -0.2) is 21.1 Å². The maximum Gasteiger partial charge on any atom is 0.230 e. The van der Waals surface area contributed by atoms with Crippen molar-refractivity contribution in [3.8, 4) is 0 Å². The van der Waals surface area contributed by atoms with Crippen LogP contribution >= 0.6 is 11.8 Å². The Kier molecular flexibility index (Phi) is 3.58. The molecule has 0 fully saturated rings. The van der Waals surface area contributed by atoms with Crippen LogP contribution < -0.4 is 5.73 Å². The van der Waals surface area contributed by atoms with Gasteiger partial charge in [0.1, 0.15) is 11.4 Å². The van der Waals surface area contributed by atoms with E-state index in [1.54, 1.807) is 0 Å². The molecule has 0 radical (unpaired) electrons. The second-order valence-electron chi connectivity index (χ2n) is 3.61. The first-order chi connectivity index (χ1) is 8.22. The number of rotatable bonds is 4. The summed E-state index contributed by atoms with van der Waals surface area (Å²) < 4.78 is 0. The van der Waals surface area contributed by atoms with Gasteiger partial charge in [0.25, 0.3) is 0 Å². The first-order valence-electron chi connectivity index (χ1n) is 5.38. The minimum absolute atomic E-state index is 0.242. The Bertz CT molecular complexity index is 539. The first-order valence-corrected chi connectivity index (χ1v) is 6.26. The monoisotopic (exact) mass is 247 g/mol. The molecule has 0 saturated carbocycles. The lowest BCUT2D eigenvalue weighted by molar-refractivity contribution is -0.117. The Balaban J connectivity index is 2.38. The van der Waals surface area contributed by atoms with Gasteiger partial charge in [-0.25, -0.2) is 9.97 Å². The summed E-state index contributed by atoms with van der Waals surface area (Å²) in [4.78, 5) is 19.6. The maximum atomic E-state index is 11.2. The van der Waals surface area contributed by atoms with E-state index in [2.05, 4.69) is 9.97 Å². The molecule has 2 aromatic rings. The van der Waals surface area contributed by atoms with E-state index in [-0.39, 0.29) is 11.2 Å². The number of amides is 1. The molecule has 88 valence electrons. The van der Waals surface area contributed by atoms with Gasteiger partial charge in [-0.2, -0.15) is 0 Å². The molecule has 5 heteroatoms. The number of benzene rings is 1. The van der Waals surface area contributed by atoms with Gasteiger partial charge in [-0.15, -0.1) is 0 Å². The standard InChI is InChI=1S/C12H13N3OS/c1-2-10(11(13)16)17-12-8-5-3-4-6-9(8)14-7-15-12/h3-7,10H,2H2,1H3,(H2,13,16). The number of aromatic nitrogens is 2. The normalized spacial score (nSPS) is 12.5. The van der Waals surface area contributed by atoms with Crippen molar-refractivity contribution in [2.45, 2.75) is 23.6 Å². The topological polar surface area (TPSA) is 68.9 Å². The molecule has 1 atom stereocenters. The van der Waals surface area contributed by atoms with Crippen LogP contribution in [0.3, 0.4) is 0 Å². The molecule has 0 aliphatic heterocycles. The second-order valence-corrected chi connectivity index (χ2v) is 4.80. The molecule has 0 spiro atoms. The van der Waals surface area contributed by atoms with Crippen LogP contribution in [0.5, 0.6) is 0 Å². The van der Waals surface area contributed by atoms with Gasteiger partial charge in [0.2, 0.25) is 5.91 Å². The minimum Gasteiger partial charge on any atom is -0.369 e. The average molecular weight is 247 g/mol. The van der Waals surface area contributed by atoms with Crippen LogP contribution in [0.4, 0.5) is 0 Å². The highest BCUT2D eigenvalue weighted by molar-refractivity contribution is 8.00. The van der Waals surface area contributed by atoms with Gasteiger partial charge in [-0.05, 0) is 12.5 Å². The fourth-order valence-electron chi connectivity index (χ4n) is 1.55. The molecule has 0 aliphatic carbocycles. The number of carbonyl (C=O) groups is 1. The highest BCUT2D eigenvalue weighted by atomic mass is 32.2. The number of hydrogen-bond acceptors (Lipinski definition) is 4. The molecule has 2 rings (SSSR count). The van der Waals surface area contributed by atoms with E-state index in [0.717, 1.165) is 15.9 Å². The summed E-state index contributed by atoms with van der Waals surface area (Å²) >= 11 is 1.40. The summed E-state index contributed by atoms with van der Waals surface area (Å²) in [5.41, 5.74) is 6.21. The van der Waals surface area contributed by atoms with Gasteiger partial charge in [0.15, 0.2) is 0 Å². The van der Waals surface area contributed by atoms with E-state index < -0.39 is 0 Å². The number of fused-ring (bicyclic) bond motifs is 1. The van der Waals surface area contributed by atoms with Crippen molar-refractivity contribution in [3.05, 3.63) is 30.6 Å². The molecule has 1 heterocycles. The van der Waals surface area contributed by atoms with Gasteiger partial charge >= 0.3 is 0 Å². The van der Waals surface area contributed by atoms with Crippen LogP contribution in [0, 0.1) is 0 Å². The Morgan fingerprint density at radius 1 is 1.41 bits per heavy atom. The minimum atomic E-state index is -0.305. The SMILES string of the molecule is CCC(Sc1ncnc2ccccc12)C(N)=O. The maximum absolute atomic E-state index is 11.2. The van der Waals surface area contributed by atoms with Crippen molar-refractivity contribution >= 4 is 28.6 Å². The van der Waals surface area contributed by atoms with Crippen molar-refractivity contribution in [2.75, 3.05) is 0 Å². The van der Waals surface area contributed by atoms with E-state index >= 15 is 0 Å². The van der Waals surface area contributed by atoms with Gasteiger partial charge < -0.3 is 5.73 Å². The first kappa shape index (κ1) is 11.9. The average Bonchev–Trinajstić information content (AvgIpc) is 2.35. The highest BCUT2D eigenvalue weighted by Crippen LogP contribution is 2.28. The molecule has 1 aromatic heterocycles. The lowest BCUT2D eigenvalue weighted by Crippen LogP contribution is -2.24. The molecule has 0 bridgehead atoms. The van der Waals surface area contributed by atoms with Crippen molar-refractivity contribution in [1.82, 2.24) is 9.97 Å². The van der Waals surface area contributed by atoms with E-state index in [0.29, 0.717) is 6.42 Å². The summed E-state index contributed by atoms with van der Waals surface area (Å²) in [6, 6.07) is 7.73. The molecule has 1 amide bonds. The number of nitrogens with two attached hydrogens (primary N) is 1. The van der Waals surface area contributed by atoms with Crippen molar-refractivity contribution in [3.63, 3.8) is 0 Å². The lowest BCUT2D eigenvalue weighted by Gasteiger charge is -2.10. The zero-order valence-electron chi connectivity index (χ0n) is 9.46. The summed E-state index contributed by atoms with van der Waals surface area (Å²) in [5, 5.41) is 1.52. The fourth-order valence-corrected chi connectivity index (χ4v) is 2.51. The Morgan fingerprint density at radius 3 is 2.88 bits per heavy atom. The number of primary amides is 1. The van der Waals surface area contributed by atoms with Gasteiger partial charge in [-0.1, -0.05) is 36.9 Å². The molecule has 0 saturated heterocycles. The number of nitrogens with zero attached hydrogens (tertiary/aromatic N) is 2. The number of para-hydroxylation sites is 1. The van der Waals surface area contributed by atoms with Gasteiger partial charge in [0.05, 0.1) is 10.8 Å². The third-order valence-electron chi connectivity index (χ3n) is 2.45. The summed E-state index contributed by atoms with van der Waals surface area (Å²) in [6.45, 7) is 1.94. The Hall–Kier alpha value is -1.62. The zero-order valence-corrected chi connectivity index (χ0v) is 10.3. The molecular weight excluding hydrogens is 234 g/mol. The predicted octanol–water partition coefficient (Wildman–Crippen LogP) is 1.99. The van der Waals surface area contributed by atoms with Crippen molar-refractivity contribution in [2.24, 2.45) is 5.73 Å². The van der Waals surface area contributed by atoms with Crippen LogP contribution in [0.1, 0.15) is 13.3 Å². The number of thioether (sulfide) groups is 1. The predicted molar refractivity (Wildman–Crippen MR) is 68.7 cm³/mol. The third kappa shape index (κ3) is 2.55. The molecule has 17 heavy (non-hydrogen) atoms. The molecular formula is C12H13N3OS. The van der Waals surface area contributed by atoms with Crippen LogP contribution in [0.25, 0.3) is 10.9 Å².